The zero-order valence-corrected chi connectivity index (χ0v) is 19.2. The first kappa shape index (κ1) is 23.2. The number of hydrogen-bond donors (Lipinski definition) is 0. The van der Waals surface area contributed by atoms with Crippen molar-refractivity contribution in [2.75, 3.05) is 7.11 Å². The maximum absolute atomic E-state index is 12.8. The van der Waals surface area contributed by atoms with E-state index in [9.17, 15) is 13.6 Å². The average molecular weight is 459 g/mol. The minimum Gasteiger partial charge on any atom is -0.465 e. The molecule has 0 amide bonds. The quantitative estimate of drug-likeness (QED) is 0.411. The highest BCUT2D eigenvalue weighted by atomic mass is 19.3. The van der Waals surface area contributed by atoms with E-state index in [1.54, 1.807) is 0 Å². The van der Waals surface area contributed by atoms with Crippen LogP contribution in [0.25, 0.3) is 22.6 Å². The molecule has 2 aromatic carbocycles. The zero-order valence-electron chi connectivity index (χ0n) is 19.2. The average Bonchev–Trinajstić information content (AvgIpc) is 3.23. The highest BCUT2D eigenvalue weighted by molar-refractivity contribution is 6.62. The first-order valence-corrected chi connectivity index (χ1v) is 10.4. The summed E-state index contributed by atoms with van der Waals surface area (Å²) in [5.41, 5.74) is 1.65. The van der Waals surface area contributed by atoms with E-state index < -0.39 is 30.9 Å². The fourth-order valence-corrected chi connectivity index (χ4v) is 3.64. The Bertz CT molecular complexity index is 1210. The molecule has 0 spiro atoms. The monoisotopic (exact) mass is 459 g/mol. The molecule has 0 atom stereocenters. The van der Waals surface area contributed by atoms with E-state index in [2.05, 4.69) is 14.5 Å². The number of fused-ring (bicyclic) bond motifs is 1. The topological polar surface area (TPSA) is 80.0 Å². The number of esters is 1. The highest BCUT2D eigenvalue weighted by Gasteiger charge is 2.52. The number of hydrogen-bond acceptors (Lipinski definition) is 7. The second-order valence-electron chi connectivity index (χ2n) is 8.81. The molecule has 1 aromatic heterocycles. The lowest BCUT2D eigenvalue weighted by molar-refractivity contribution is -0.0503. The van der Waals surface area contributed by atoms with Gasteiger partial charge in [-0.05, 0) is 57.8 Å². The summed E-state index contributed by atoms with van der Waals surface area (Å²) in [6.45, 7) is 6.69. The zero-order chi connectivity index (χ0) is 24.1. The van der Waals surface area contributed by atoms with Crippen LogP contribution in [0.1, 0.15) is 43.6 Å². The molecule has 10 heteroatoms. The van der Waals surface area contributed by atoms with E-state index in [0.29, 0.717) is 11.1 Å². The van der Waals surface area contributed by atoms with Gasteiger partial charge in [0.1, 0.15) is 16.8 Å². The highest BCUT2D eigenvalue weighted by Crippen LogP contribution is 2.37. The third kappa shape index (κ3) is 4.09. The minimum atomic E-state index is -3.12. The second kappa shape index (κ2) is 8.11. The van der Waals surface area contributed by atoms with Gasteiger partial charge in [0.2, 0.25) is 5.89 Å². The Balaban J connectivity index is 1.77. The van der Waals surface area contributed by atoms with Gasteiger partial charge >= 0.3 is 19.7 Å². The van der Waals surface area contributed by atoms with Gasteiger partial charge in [0.05, 0.1) is 18.3 Å². The Morgan fingerprint density at radius 3 is 2.39 bits per heavy atom. The molecule has 1 saturated heterocycles. The number of aromatic nitrogens is 1. The summed E-state index contributed by atoms with van der Waals surface area (Å²) in [6, 6.07) is 8.08. The Kier molecular flexibility index (Phi) is 5.70. The maximum atomic E-state index is 12.8. The van der Waals surface area contributed by atoms with Gasteiger partial charge < -0.3 is 23.2 Å². The standard InChI is InChI=1S/C23H24BF2NO6/c1-12-13(8-7-9-15(12)24-32-22(2,3)23(4,5)33-24)19-27-16-10-14(20(28)29-6)17(31-21(25)26)11-18(16)30-19/h7-11,21H,1-6H3. The van der Waals surface area contributed by atoms with Crippen molar-refractivity contribution in [2.45, 2.75) is 52.4 Å². The van der Waals surface area contributed by atoms with Gasteiger partial charge in [-0.3, -0.25) is 0 Å². The summed E-state index contributed by atoms with van der Waals surface area (Å²) < 4.78 is 53.1. The number of halogens is 2. The van der Waals surface area contributed by atoms with Gasteiger partial charge in [-0.25, -0.2) is 9.78 Å². The lowest BCUT2D eigenvalue weighted by atomic mass is 9.75. The Hall–Kier alpha value is -2.98. The van der Waals surface area contributed by atoms with Gasteiger partial charge in [-0.2, -0.15) is 8.78 Å². The summed E-state index contributed by atoms with van der Waals surface area (Å²) >= 11 is 0. The molecular weight excluding hydrogens is 435 g/mol. The molecule has 4 rings (SSSR count). The third-order valence-electron chi connectivity index (χ3n) is 6.22. The lowest BCUT2D eigenvalue weighted by Gasteiger charge is -2.32. The molecule has 7 nitrogen and oxygen atoms in total. The SMILES string of the molecule is COC(=O)c1cc2nc(-c3cccc(B4OC(C)(C)C(C)(C)O4)c3C)oc2cc1OC(F)F. The molecule has 1 aliphatic rings. The largest absolute Gasteiger partial charge is 0.495 e. The Morgan fingerprint density at radius 1 is 1.12 bits per heavy atom. The van der Waals surface area contributed by atoms with Crippen molar-refractivity contribution < 1.29 is 36.8 Å². The molecular formula is C23H24BF2NO6. The van der Waals surface area contributed by atoms with E-state index in [-0.39, 0.29) is 22.8 Å². The van der Waals surface area contributed by atoms with Gasteiger partial charge in [0, 0.05) is 11.6 Å². The van der Waals surface area contributed by atoms with Gasteiger partial charge in [-0.15, -0.1) is 0 Å². The van der Waals surface area contributed by atoms with Crippen LogP contribution >= 0.6 is 0 Å². The number of carbonyl (C=O) groups excluding carboxylic acids is 1. The van der Waals surface area contributed by atoms with E-state index in [1.807, 2.05) is 52.8 Å². The van der Waals surface area contributed by atoms with Crippen molar-refractivity contribution in [3.8, 4) is 17.2 Å². The van der Waals surface area contributed by atoms with Gasteiger partial charge in [0.15, 0.2) is 5.58 Å². The van der Waals surface area contributed by atoms with Crippen LogP contribution in [0.2, 0.25) is 0 Å². The van der Waals surface area contributed by atoms with Gasteiger partial charge in [-0.1, -0.05) is 12.1 Å². The number of oxazole rings is 1. The van der Waals surface area contributed by atoms with E-state index in [1.165, 1.54) is 12.1 Å². The number of carbonyl (C=O) groups is 1. The van der Waals surface area contributed by atoms with Crippen molar-refractivity contribution in [3.63, 3.8) is 0 Å². The normalized spacial score (nSPS) is 17.1. The van der Waals surface area contributed by atoms with Crippen molar-refractivity contribution in [1.82, 2.24) is 4.98 Å². The minimum absolute atomic E-state index is 0.173. The first-order chi connectivity index (χ1) is 15.4. The van der Waals surface area contributed by atoms with Crippen LogP contribution in [0.5, 0.6) is 5.75 Å². The molecule has 0 saturated carbocycles. The second-order valence-corrected chi connectivity index (χ2v) is 8.81. The summed E-state index contributed by atoms with van der Waals surface area (Å²) in [4.78, 5) is 16.5. The lowest BCUT2D eigenvalue weighted by Crippen LogP contribution is -2.41. The number of benzene rings is 2. The Morgan fingerprint density at radius 2 is 1.79 bits per heavy atom. The fraction of sp³-hybridized carbons (Fsp3) is 0.391. The fourth-order valence-electron chi connectivity index (χ4n) is 3.64. The van der Waals surface area contributed by atoms with E-state index in [4.69, 9.17) is 13.7 Å². The van der Waals surface area contributed by atoms with E-state index >= 15 is 0 Å². The molecule has 2 heterocycles. The van der Waals surface area contributed by atoms with Crippen LogP contribution in [-0.2, 0) is 14.0 Å². The summed E-state index contributed by atoms with van der Waals surface area (Å²) in [7, 11) is 0.577. The van der Waals surface area contributed by atoms with E-state index in [0.717, 1.165) is 18.1 Å². The number of alkyl halides is 2. The number of ether oxygens (including phenoxy) is 2. The summed E-state index contributed by atoms with van der Waals surface area (Å²) in [5.74, 6) is -0.920. The molecule has 0 radical (unpaired) electrons. The molecule has 0 bridgehead atoms. The number of nitrogens with zero attached hydrogens (tertiary/aromatic N) is 1. The van der Waals surface area contributed by atoms with Crippen molar-refractivity contribution in [1.29, 1.82) is 0 Å². The third-order valence-corrected chi connectivity index (χ3v) is 6.22. The van der Waals surface area contributed by atoms with Crippen LogP contribution in [0.15, 0.2) is 34.7 Å². The van der Waals surface area contributed by atoms with Crippen molar-refractivity contribution >= 4 is 29.7 Å². The Labute approximate surface area is 190 Å². The van der Waals surface area contributed by atoms with Crippen LogP contribution in [0, 0.1) is 6.92 Å². The van der Waals surface area contributed by atoms with Crippen LogP contribution in [0.4, 0.5) is 8.78 Å². The molecule has 0 unspecified atom stereocenters. The number of methoxy groups -OCH3 is 1. The molecule has 174 valence electrons. The predicted octanol–water partition coefficient (Wildman–Crippen LogP) is 4.49. The molecule has 1 aliphatic heterocycles. The van der Waals surface area contributed by atoms with Crippen LogP contribution in [0.3, 0.4) is 0 Å². The first-order valence-electron chi connectivity index (χ1n) is 10.4. The van der Waals surface area contributed by atoms with Crippen molar-refractivity contribution in [3.05, 3.63) is 41.5 Å². The van der Waals surface area contributed by atoms with Crippen molar-refractivity contribution in [2.24, 2.45) is 0 Å². The maximum Gasteiger partial charge on any atom is 0.495 e. The molecule has 1 fully saturated rings. The molecule has 33 heavy (non-hydrogen) atoms. The molecule has 3 aromatic rings. The molecule has 0 aliphatic carbocycles. The summed E-state index contributed by atoms with van der Waals surface area (Å²) in [6.07, 6.45) is 0. The smallest absolute Gasteiger partial charge is 0.465 e. The predicted molar refractivity (Wildman–Crippen MR) is 118 cm³/mol. The van der Waals surface area contributed by atoms with Gasteiger partial charge in [0.25, 0.3) is 0 Å². The molecule has 0 N–H and O–H groups in total. The summed E-state index contributed by atoms with van der Waals surface area (Å²) in [5, 5.41) is 0. The van der Waals surface area contributed by atoms with Crippen LogP contribution in [-0.4, -0.2) is 43.0 Å². The van der Waals surface area contributed by atoms with Crippen LogP contribution < -0.4 is 10.2 Å². The number of rotatable bonds is 5.